The molecule has 0 amide bonds. The van der Waals surface area contributed by atoms with E-state index in [1.54, 1.807) is 0 Å². The van der Waals surface area contributed by atoms with E-state index in [0.29, 0.717) is 11.5 Å². The lowest BCUT2D eigenvalue weighted by atomic mass is 10.2. The zero-order chi connectivity index (χ0) is 13.5. The first-order chi connectivity index (χ1) is 8.54. The Balaban J connectivity index is 2.42. The smallest absolute Gasteiger partial charge is 0.324 e. The van der Waals surface area contributed by atoms with E-state index in [1.807, 2.05) is 6.92 Å². The van der Waals surface area contributed by atoms with Gasteiger partial charge < -0.3 is 9.84 Å². The van der Waals surface area contributed by atoms with Gasteiger partial charge in [0.2, 0.25) is 0 Å². The van der Waals surface area contributed by atoms with Gasteiger partial charge in [-0.15, -0.1) is 0 Å². The third kappa shape index (κ3) is 4.42. The van der Waals surface area contributed by atoms with Crippen molar-refractivity contribution in [3.8, 4) is 0 Å². The fourth-order valence-corrected chi connectivity index (χ4v) is 2.15. The molecule has 0 bridgehead atoms. The van der Waals surface area contributed by atoms with Crippen LogP contribution < -0.4 is 0 Å². The van der Waals surface area contributed by atoms with Crippen LogP contribution in [0.2, 0.25) is 0 Å². The van der Waals surface area contributed by atoms with Gasteiger partial charge in [0.1, 0.15) is 0 Å². The summed E-state index contributed by atoms with van der Waals surface area (Å²) in [6.07, 6.45) is 0.205. The van der Waals surface area contributed by atoms with E-state index >= 15 is 0 Å². The van der Waals surface area contributed by atoms with Gasteiger partial charge in [0.05, 0.1) is 17.6 Å². The van der Waals surface area contributed by atoms with E-state index in [1.165, 1.54) is 12.1 Å². The Morgan fingerprint density at radius 3 is 2.89 bits per heavy atom. The third-order valence-corrected chi connectivity index (χ3v) is 3.35. The van der Waals surface area contributed by atoms with Crippen molar-refractivity contribution in [2.75, 3.05) is 6.61 Å². The number of nitrogens with zero attached hydrogens (tertiary/aromatic N) is 1. The van der Waals surface area contributed by atoms with Gasteiger partial charge in [0, 0.05) is 17.4 Å². The lowest BCUT2D eigenvalue weighted by Crippen LogP contribution is -2.07. The summed E-state index contributed by atoms with van der Waals surface area (Å²) in [6, 6.07) is 2.85. The summed E-state index contributed by atoms with van der Waals surface area (Å²) in [7, 11) is 0. The second-order valence-corrected chi connectivity index (χ2v) is 4.80. The number of nitro groups is 1. The molecule has 7 heteroatoms. The van der Waals surface area contributed by atoms with Gasteiger partial charge in [-0.25, -0.2) is 0 Å². The molecule has 0 radical (unpaired) electrons. The largest absolute Gasteiger partial charge is 0.466 e. The number of ether oxygens (including phenoxy) is 1. The molecule has 0 aliphatic heterocycles. The molecule has 0 aromatic carbocycles. The van der Waals surface area contributed by atoms with Crippen molar-refractivity contribution in [2.45, 2.75) is 32.3 Å². The first kappa shape index (κ1) is 14.6. The molecule has 0 aliphatic rings. The van der Waals surface area contributed by atoms with Crippen LogP contribution in [0.3, 0.4) is 0 Å². The van der Waals surface area contributed by atoms with Crippen LogP contribution in [0.4, 0.5) is 5.00 Å². The van der Waals surface area contributed by atoms with Gasteiger partial charge in [-0.2, -0.15) is 0 Å². The number of hydrogen-bond acceptors (Lipinski definition) is 6. The van der Waals surface area contributed by atoms with Crippen LogP contribution in [0.5, 0.6) is 0 Å². The molecule has 1 atom stereocenters. The van der Waals surface area contributed by atoms with Crippen molar-refractivity contribution in [1.82, 2.24) is 0 Å². The van der Waals surface area contributed by atoms with Crippen LogP contribution in [-0.2, 0) is 9.53 Å². The standard InChI is InChI=1S/C11H15NO5S/c1-2-7-17-11(14)6-3-8(13)9-4-5-10(18-9)12(15)16/h4-5,8,13H,2-3,6-7H2,1H3. The average Bonchev–Trinajstić information content (AvgIpc) is 2.83. The van der Waals surface area contributed by atoms with Gasteiger partial charge in [0.15, 0.2) is 0 Å². The first-order valence-corrected chi connectivity index (χ1v) is 6.44. The molecule has 1 unspecified atom stereocenters. The highest BCUT2D eigenvalue weighted by Gasteiger charge is 2.17. The van der Waals surface area contributed by atoms with Crippen molar-refractivity contribution in [2.24, 2.45) is 0 Å². The number of esters is 1. The van der Waals surface area contributed by atoms with Crippen LogP contribution in [0.15, 0.2) is 12.1 Å². The Labute approximate surface area is 108 Å². The highest BCUT2D eigenvalue weighted by Crippen LogP contribution is 2.30. The maximum Gasteiger partial charge on any atom is 0.324 e. The molecule has 0 saturated carbocycles. The summed E-state index contributed by atoms with van der Waals surface area (Å²) < 4.78 is 4.87. The van der Waals surface area contributed by atoms with Crippen molar-refractivity contribution in [1.29, 1.82) is 0 Å². The summed E-state index contributed by atoms with van der Waals surface area (Å²) >= 11 is 0.917. The van der Waals surface area contributed by atoms with Gasteiger partial charge in [-0.1, -0.05) is 18.3 Å². The number of carbonyl (C=O) groups excluding carboxylic acids is 1. The van der Waals surface area contributed by atoms with E-state index in [2.05, 4.69) is 0 Å². The maximum absolute atomic E-state index is 11.2. The number of hydrogen-bond donors (Lipinski definition) is 1. The predicted molar refractivity (Wildman–Crippen MR) is 66.4 cm³/mol. The Bertz CT molecular complexity index is 417. The normalized spacial score (nSPS) is 12.1. The highest BCUT2D eigenvalue weighted by atomic mass is 32.1. The molecule has 0 aliphatic carbocycles. The quantitative estimate of drug-likeness (QED) is 0.468. The van der Waals surface area contributed by atoms with Crippen molar-refractivity contribution >= 4 is 22.3 Å². The molecule has 1 aromatic rings. The minimum atomic E-state index is -0.863. The van der Waals surface area contributed by atoms with Crippen LogP contribution in [0.1, 0.15) is 37.2 Å². The maximum atomic E-state index is 11.2. The fraction of sp³-hybridized carbons (Fsp3) is 0.545. The summed E-state index contributed by atoms with van der Waals surface area (Å²) in [6.45, 7) is 2.27. The van der Waals surface area contributed by atoms with Crippen molar-refractivity contribution in [3.63, 3.8) is 0 Å². The minimum absolute atomic E-state index is 0.0161. The topological polar surface area (TPSA) is 89.7 Å². The van der Waals surface area contributed by atoms with Gasteiger partial charge in [0.25, 0.3) is 0 Å². The zero-order valence-corrected chi connectivity index (χ0v) is 10.8. The molecule has 100 valence electrons. The van der Waals surface area contributed by atoms with Gasteiger partial charge >= 0.3 is 11.0 Å². The molecular formula is C11H15NO5S. The minimum Gasteiger partial charge on any atom is -0.466 e. The second kappa shape index (κ2) is 7.07. The molecule has 18 heavy (non-hydrogen) atoms. The molecule has 1 aromatic heterocycles. The predicted octanol–water partition coefficient (Wildman–Crippen LogP) is 2.42. The van der Waals surface area contributed by atoms with Crippen LogP contribution in [0.25, 0.3) is 0 Å². The van der Waals surface area contributed by atoms with Gasteiger partial charge in [-0.05, 0) is 18.9 Å². The Morgan fingerprint density at radius 2 is 2.33 bits per heavy atom. The lowest BCUT2D eigenvalue weighted by Gasteiger charge is -2.07. The zero-order valence-electron chi connectivity index (χ0n) is 10.00. The van der Waals surface area contributed by atoms with Crippen LogP contribution >= 0.6 is 11.3 Å². The molecule has 6 nitrogen and oxygen atoms in total. The highest BCUT2D eigenvalue weighted by molar-refractivity contribution is 7.15. The Morgan fingerprint density at radius 1 is 1.61 bits per heavy atom. The molecule has 0 fully saturated rings. The van der Waals surface area contributed by atoms with Crippen LogP contribution in [0, 0.1) is 10.1 Å². The summed E-state index contributed by atoms with van der Waals surface area (Å²) in [5.74, 6) is -0.359. The molecule has 1 heterocycles. The van der Waals surface area contributed by atoms with Crippen LogP contribution in [-0.4, -0.2) is 22.6 Å². The lowest BCUT2D eigenvalue weighted by molar-refractivity contribution is -0.380. The van der Waals surface area contributed by atoms with E-state index in [9.17, 15) is 20.0 Å². The SMILES string of the molecule is CCCOC(=O)CCC(O)c1ccc([N+](=O)[O-])s1. The van der Waals surface area contributed by atoms with E-state index in [-0.39, 0.29) is 23.8 Å². The monoisotopic (exact) mass is 273 g/mol. The number of carbonyl (C=O) groups is 1. The third-order valence-electron chi connectivity index (χ3n) is 2.21. The van der Waals surface area contributed by atoms with Crippen molar-refractivity contribution in [3.05, 3.63) is 27.1 Å². The van der Waals surface area contributed by atoms with E-state index in [0.717, 1.165) is 17.8 Å². The summed E-state index contributed by atoms with van der Waals surface area (Å²) in [4.78, 5) is 21.7. The fourth-order valence-electron chi connectivity index (χ4n) is 1.30. The molecule has 1 rings (SSSR count). The second-order valence-electron chi connectivity index (χ2n) is 3.71. The number of thiophene rings is 1. The number of rotatable bonds is 7. The summed E-state index contributed by atoms with van der Waals surface area (Å²) in [5.41, 5.74) is 0. The van der Waals surface area contributed by atoms with E-state index in [4.69, 9.17) is 4.74 Å². The van der Waals surface area contributed by atoms with E-state index < -0.39 is 11.0 Å². The van der Waals surface area contributed by atoms with Crippen molar-refractivity contribution < 1.29 is 19.6 Å². The Kier molecular flexibility index (Phi) is 5.73. The molecule has 1 N–H and O–H groups in total. The number of aliphatic hydroxyl groups is 1. The average molecular weight is 273 g/mol. The summed E-state index contributed by atoms with van der Waals surface area (Å²) in [5, 5.41) is 20.2. The Hall–Kier alpha value is -1.47. The molecule has 0 saturated heterocycles. The number of aliphatic hydroxyl groups excluding tert-OH is 1. The first-order valence-electron chi connectivity index (χ1n) is 5.62. The molecular weight excluding hydrogens is 258 g/mol. The van der Waals surface area contributed by atoms with Gasteiger partial charge in [-0.3, -0.25) is 14.9 Å². The molecule has 0 spiro atoms.